The smallest absolute Gasteiger partial charge is 0.115 e. The predicted octanol–water partition coefficient (Wildman–Crippen LogP) is 3.96. The minimum Gasteiger partial charge on any atom is -0.508 e. The Kier molecular flexibility index (Phi) is 4.88. The SMILES string of the molecule is CSc1ccc(C(C)NCc2cccc(O)c2)cc1. The largest absolute Gasteiger partial charge is 0.508 e. The quantitative estimate of drug-likeness (QED) is 0.809. The van der Waals surface area contributed by atoms with E-state index in [1.807, 2.05) is 12.1 Å². The Balaban J connectivity index is 1.95. The molecule has 2 N–H and O–H groups in total. The van der Waals surface area contributed by atoms with Crippen molar-refractivity contribution >= 4 is 11.8 Å². The molecule has 0 aliphatic carbocycles. The Labute approximate surface area is 118 Å². The highest BCUT2D eigenvalue weighted by Gasteiger charge is 2.05. The Morgan fingerprint density at radius 3 is 2.53 bits per heavy atom. The fourth-order valence-corrected chi connectivity index (χ4v) is 2.36. The van der Waals surface area contributed by atoms with Crippen LogP contribution in [0.1, 0.15) is 24.1 Å². The van der Waals surface area contributed by atoms with E-state index in [0.717, 1.165) is 12.1 Å². The standard InChI is InChI=1S/C16H19NOS/c1-12(14-6-8-16(19-2)9-7-14)17-11-13-4-3-5-15(18)10-13/h3-10,12,17-18H,11H2,1-2H3. The highest BCUT2D eigenvalue weighted by Crippen LogP contribution is 2.19. The van der Waals surface area contributed by atoms with Gasteiger partial charge in [0.15, 0.2) is 0 Å². The molecular weight excluding hydrogens is 254 g/mol. The summed E-state index contributed by atoms with van der Waals surface area (Å²) in [5.74, 6) is 0.316. The lowest BCUT2D eigenvalue weighted by Crippen LogP contribution is -2.17. The van der Waals surface area contributed by atoms with Crippen LogP contribution in [0.4, 0.5) is 0 Å². The summed E-state index contributed by atoms with van der Waals surface area (Å²) in [6.07, 6.45) is 2.08. The number of nitrogens with one attached hydrogen (secondary N) is 1. The Morgan fingerprint density at radius 1 is 1.16 bits per heavy atom. The first-order chi connectivity index (χ1) is 9.19. The predicted molar refractivity (Wildman–Crippen MR) is 81.6 cm³/mol. The van der Waals surface area contributed by atoms with E-state index >= 15 is 0 Å². The van der Waals surface area contributed by atoms with Crippen LogP contribution < -0.4 is 5.32 Å². The van der Waals surface area contributed by atoms with E-state index in [1.165, 1.54) is 10.5 Å². The first kappa shape index (κ1) is 14.0. The van der Waals surface area contributed by atoms with Gasteiger partial charge in [0, 0.05) is 17.5 Å². The number of aromatic hydroxyl groups is 1. The number of thioether (sulfide) groups is 1. The number of hydrogen-bond acceptors (Lipinski definition) is 3. The van der Waals surface area contributed by atoms with Crippen molar-refractivity contribution in [3.05, 3.63) is 59.7 Å². The average Bonchev–Trinajstić information content (AvgIpc) is 2.45. The summed E-state index contributed by atoms with van der Waals surface area (Å²) in [6.45, 7) is 2.90. The van der Waals surface area contributed by atoms with E-state index in [2.05, 4.69) is 42.8 Å². The molecule has 1 unspecified atom stereocenters. The van der Waals surface area contributed by atoms with Crippen molar-refractivity contribution in [3.63, 3.8) is 0 Å². The molecule has 0 aliphatic heterocycles. The number of phenols is 1. The van der Waals surface area contributed by atoms with E-state index in [1.54, 1.807) is 23.9 Å². The molecule has 100 valence electrons. The summed E-state index contributed by atoms with van der Waals surface area (Å²) in [4.78, 5) is 1.28. The number of phenolic OH excluding ortho intramolecular Hbond substituents is 1. The zero-order chi connectivity index (χ0) is 13.7. The third-order valence-corrected chi connectivity index (χ3v) is 3.88. The molecule has 0 heterocycles. The summed E-state index contributed by atoms with van der Waals surface area (Å²) >= 11 is 1.75. The minimum absolute atomic E-state index is 0.290. The van der Waals surface area contributed by atoms with E-state index in [9.17, 15) is 5.11 Å². The maximum Gasteiger partial charge on any atom is 0.115 e. The van der Waals surface area contributed by atoms with Crippen molar-refractivity contribution in [2.24, 2.45) is 0 Å². The fraction of sp³-hybridized carbons (Fsp3) is 0.250. The van der Waals surface area contributed by atoms with Gasteiger partial charge in [-0.1, -0.05) is 24.3 Å². The number of rotatable bonds is 5. The lowest BCUT2D eigenvalue weighted by Gasteiger charge is -2.14. The van der Waals surface area contributed by atoms with Gasteiger partial charge in [0.25, 0.3) is 0 Å². The lowest BCUT2D eigenvalue weighted by molar-refractivity contribution is 0.473. The van der Waals surface area contributed by atoms with Crippen LogP contribution in [0, 0.1) is 0 Å². The second-order valence-electron chi connectivity index (χ2n) is 4.55. The molecule has 1 atom stereocenters. The maximum absolute atomic E-state index is 9.42. The molecular formula is C16H19NOS. The van der Waals surface area contributed by atoms with Crippen LogP contribution in [-0.2, 0) is 6.54 Å². The highest BCUT2D eigenvalue weighted by molar-refractivity contribution is 7.98. The molecule has 2 nitrogen and oxygen atoms in total. The van der Waals surface area contributed by atoms with Gasteiger partial charge in [0.05, 0.1) is 0 Å². The second-order valence-corrected chi connectivity index (χ2v) is 5.43. The fourth-order valence-electron chi connectivity index (χ4n) is 1.95. The normalized spacial score (nSPS) is 12.3. The van der Waals surface area contributed by atoms with Crippen molar-refractivity contribution in [2.75, 3.05) is 6.26 Å². The number of benzene rings is 2. The molecule has 19 heavy (non-hydrogen) atoms. The molecule has 3 heteroatoms. The van der Waals surface area contributed by atoms with Gasteiger partial charge < -0.3 is 10.4 Å². The van der Waals surface area contributed by atoms with E-state index < -0.39 is 0 Å². The van der Waals surface area contributed by atoms with E-state index in [4.69, 9.17) is 0 Å². The van der Waals surface area contributed by atoms with Gasteiger partial charge in [-0.25, -0.2) is 0 Å². The Hall–Kier alpha value is -1.45. The highest BCUT2D eigenvalue weighted by atomic mass is 32.2. The van der Waals surface area contributed by atoms with Crippen LogP contribution in [-0.4, -0.2) is 11.4 Å². The molecule has 2 aromatic rings. The summed E-state index contributed by atoms with van der Waals surface area (Å²) in [5.41, 5.74) is 2.37. The lowest BCUT2D eigenvalue weighted by atomic mass is 10.1. The van der Waals surface area contributed by atoms with Crippen LogP contribution in [0.2, 0.25) is 0 Å². The maximum atomic E-state index is 9.42. The van der Waals surface area contributed by atoms with Crippen molar-refractivity contribution in [1.29, 1.82) is 0 Å². The van der Waals surface area contributed by atoms with Crippen LogP contribution in [0.5, 0.6) is 5.75 Å². The topological polar surface area (TPSA) is 32.3 Å². The van der Waals surface area contributed by atoms with Gasteiger partial charge in [0.2, 0.25) is 0 Å². The zero-order valence-corrected chi connectivity index (χ0v) is 12.1. The molecule has 0 aromatic heterocycles. The molecule has 0 saturated heterocycles. The zero-order valence-electron chi connectivity index (χ0n) is 11.3. The second kappa shape index (κ2) is 6.64. The van der Waals surface area contributed by atoms with Crippen LogP contribution in [0.25, 0.3) is 0 Å². The molecule has 0 bridgehead atoms. The van der Waals surface area contributed by atoms with Gasteiger partial charge in [-0.05, 0) is 48.6 Å². The summed E-state index contributed by atoms with van der Waals surface area (Å²) in [5, 5.41) is 12.9. The first-order valence-electron chi connectivity index (χ1n) is 6.34. The van der Waals surface area contributed by atoms with Crippen LogP contribution in [0.3, 0.4) is 0 Å². The summed E-state index contributed by atoms with van der Waals surface area (Å²) in [6, 6.07) is 16.3. The minimum atomic E-state index is 0.290. The third-order valence-electron chi connectivity index (χ3n) is 3.14. The van der Waals surface area contributed by atoms with Gasteiger partial charge in [-0.3, -0.25) is 0 Å². The Morgan fingerprint density at radius 2 is 1.89 bits per heavy atom. The van der Waals surface area contributed by atoms with Crippen molar-refractivity contribution in [1.82, 2.24) is 5.32 Å². The van der Waals surface area contributed by atoms with Gasteiger partial charge in [-0.15, -0.1) is 11.8 Å². The molecule has 0 spiro atoms. The Bertz CT molecular complexity index is 525. The first-order valence-corrected chi connectivity index (χ1v) is 7.57. The van der Waals surface area contributed by atoms with Gasteiger partial charge >= 0.3 is 0 Å². The molecule has 0 fully saturated rings. The molecule has 0 aliphatic rings. The average molecular weight is 273 g/mol. The van der Waals surface area contributed by atoms with Gasteiger partial charge in [0.1, 0.15) is 5.75 Å². The van der Waals surface area contributed by atoms with Gasteiger partial charge in [-0.2, -0.15) is 0 Å². The van der Waals surface area contributed by atoms with E-state index in [-0.39, 0.29) is 0 Å². The van der Waals surface area contributed by atoms with E-state index in [0.29, 0.717) is 11.8 Å². The van der Waals surface area contributed by atoms with Crippen molar-refractivity contribution in [3.8, 4) is 5.75 Å². The van der Waals surface area contributed by atoms with Crippen LogP contribution in [0.15, 0.2) is 53.4 Å². The monoisotopic (exact) mass is 273 g/mol. The summed E-state index contributed by atoms with van der Waals surface area (Å²) < 4.78 is 0. The molecule has 2 rings (SSSR count). The summed E-state index contributed by atoms with van der Waals surface area (Å²) in [7, 11) is 0. The molecule has 0 radical (unpaired) electrons. The molecule has 0 saturated carbocycles. The van der Waals surface area contributed by atoms with Crippen molar-refractivity contribution in [2.45, 2.75) is 24.4 Å². The number of hydrogen-bond donors (Lipinski definition) is 2. The molecule has 0 amide bonds. The van der Waals surface area contributed by atoms with Crippen LogP contribution >= 0.6 is 11.8 Å². The van der Waals surface area contributed by atoms with Crippen molar-refractivity contribution < 1.29 is 5.11 Å². The third kappa shape index (κ3) is 4.01. The molecule has 2 aromatic carbocycles.